The van der Waals surface area contributed by atoms with Crippen molar-refractivity contribution in [2.75, 3.05) is 6.54 Å². The number of aromatic nitrogens is 1. The summed E-state index contributed by atoms with van der Waals surface area (Å²) in [6, 6.07) is 14.3. The lowest BCUT2D eigenvalue weighted by atomic mass is 9.97. The fourth-order valence-electron chi connectivity index (χ4n) is 3.65. The Balaban J connectivity index is 1.87. The molecule has 1 amide bonds. The van der Waals surface area contributed by atoms with Crippen LogP contribution in [0.1, 0.15) is 31.9 Å². The number of rotatable bonds is 8. The third-order valence-corrected chi connectivity index (χ3v) is 5.23. The molecule has 0 unspecified atom stereocenters. The lowest BCUT2D eigenvalue weighted by molar-refractivity contribution is -0.161. The number of carbonyl (C=O) groups excluding carboxylic acids is 1. The van der Waals surface area contributed by atoms with Crippen LogP contribution >= 0.6 is 0 Å². The molecule has 2 atom stereocenters. The lowest BCUT2D eigenvalue weighted by Gasteiger charge is -2.28. The maximum Gasteiger partial charge on any atom is 0.407 e. The zero-order valence-electron chi connectivity index (χ0n) is 18.4. The minimum Gasteiger partial charge on any atom is -0.342 e. The number of hydrogen-bond acceptors (Lipinski definition) is 4. The minimum atomic E-state index is -4.61. The Bertz CT molecular complexity index is 1140. The number of amides is 1. The van der Waals surface area contributed by atoms with Gasteiger partial charge >= 0.3 is 6.18 Å². The van der Waals surface area contributed by atoms with Gasteiger partial charge in [-0.15, -0.1) is 0 Å². The van der Waals surface area contributed by atoms with Gasteiger partial charge in [-0.05, 0) is 35.6 Å². The van der Waals surface area contributed by atoms with E-state index in [1.807, 2.05) is 44.2 Å². The van der Waals surface area contributed by atoms with E-state index in [2.05, 4.69) is 15.6 Å². The van der Waals surface area contributed by atoms with Crippen molar-refractivity contribution in [1.82, 2.24) is 15.6 Å². The number of para-hydroxylation sites is 1. The molecule has 0 radical (unpaired) electrons. The summed E-state index contributed by atoms with van der Waals surface area (Å²) in [5.41, 5.74) is 2.38. The van der Waals surface area contributed by atoms with Crippen molar-refractivity contribution in [3.63, 3.8) is 0 Å². The second-order valence-corrected chi connectivity index (χ2v) is 8.24. The van der Waals surface area contributed by atoms with E-state index in [1.54, 1.807) is 24.4 Å². The van der Waals surface area contributed by atoms with Crippen LogP contribution in [0.3, 0.4) is 0 Å². The first-order valence-corrected chi connectivity index (χ1v) is 10.6. The summed E-state index contributed by atoms with van der Waals surface area (Å²) in [7, 11) is 0. The van der Waals surface area contributed by atoms with E-state index in [1.165, 1.54) is 12.1 Å². The molecular weight excluding hydrogens is 429 g/mol. The Kier molecular flexibility index (Phi) is 7.67. The van der Waals surface area contributed by atoms with E-state index in [-0.39, 0.29) is 24.4 Å². The van der Waals surface area contributed by atoms with Gasteiger partial charge in [0, 0.05) is 17.1 Å². The molecule has 3 aromatic rings. The molecule has 172 valence electrons. The highest BCUT2D eigenvalue weighted by atomic mass is 19.4. The van der Waals surface area contributed by atoms with Crippen molar-refractivity contribution in [2.45, 2.75) is 38.5 Å². The van der Waals surface area contributed by atoms with Gasteiger partial charge in [0.2, 0.25) is 5.91 Å². The van der Waals surface area contributed by atoms with Gasteiger partial charge in [-0.25, -0.2) is 0 Å². The highest BCUT2D eigenvalue weighted by Gasteiger charge is 2.42. The first-order chi connectivity index (χ1) is 15.7. The zero-order valence-corrected chi connectivity index (χ0v) is 18.4. The SMILES string of the molecule is CC(C)C[C@H](N[C@@H](c1ccc(-c2cnc3ccccc3c2)cc1)C(F)(F)F)C(=O)NCC#N. The van der Waals surface area contributed by atoms with Gasteiger partial charge < -0.3 is 5.32 Å². The fourth-order valence-corrected chi connectivity index (χ4v) is 3.65. The molecule has 0 saturated carbocycles. The van der Waals surface area contributed by atoms with Crippen LogP contribution in [0, 0.1) is 17.2 Å². The zero-order chi connectivity index (χ0) is 24.0. The number of hydrogen-bond donors (Lipinski definition) is 2. The number of nitrogens with zero attached hydrogens (tertiary/aromatic N) is 2. The van der Waals surface area contributed by atoms with Crippen LogP contribution in [0.4, 0.5) is 13.2 Å². The molecule has 0 aliphatic heterocycles. The quantitative estimate of drug-likeness (QED) is 0.462. The van der Waals surface area contributed by atoms with Crippen LogP contribution in [0.5, 0.6) is 0 Å². The first-order valence-electron chi connectivity index (χ1n) is 10.6. The molecule has 3 rings (SSSR count). The van der Waals surface area contributed by atoms with Crippen molar-refractivity contribution in [1.29, 1.82) is 5.26 Å². The molecule has 2 N–H and O–H groups in total. The molecule has 5 nitrogen and oxygen atoms in total. The molecular formula is C25H25F3N4O. The van der Waals surface area contributed by atoms with Gasteiger partial charge in [0.05, 0.1) is 17.6 Å². The number of benzene rings is 2. The highest BCUT2D eigenvalue weighted by Crippen LogP contribution is 2.34. The van der Waals surface area contributed by atoms with Crippen molar-refractivity contribution < 1.29 is 18.0 Å². The van der Waals surface area contributed by atoms with E-state index in [9.17, 15) is 18.0 Å². The summed E-state index contributed by atoms with van der Waals surface area (Å²) < 4.78 is 41.9. The monoisotopic (exact) mass is 454 g/mol. The van der Waals surface area contributed by atoms with E-state index in [0.29, 0.717) is 0 Å². The number of fused-ring (bicyclic) bond motifs is 1. The Morgan fingerprint density at radius 1 is 1.09 bits per heavy atom. The molecule has 1 aromatic heterocycles. The maximum atomic E-state index is 14.0. The van der Waals surface area contributed by atoms with E-state index < -0.39 is 24.2 Å². The number of carbonyl (C=O) groups is 1. The predicted octanol–water partition coefficient (Wildman–Crippen LogP) is 5.15. The summed E-state index contributed by atoms with van der Waals surface area (Å²) in [5.74, 6) is -0.648. The summed E-state index contributed by atoms with van der Waals surface area (Å²) in [6.07, 6.45) is -2.73. The molecule has 0 saturated heterocycles. The van der Waals surface area contributed by atoms with Crippen LogP contribution < -0.4 is 10.6 Å². The first kappa shape index (κ1) is 24.2. The molecule has 0 aliphatic rings. The van der Waals surface area contributed by atoms with Crippen LogP contribution in [-0.4, -0.2) is 29.7 Å². The third-order valence-electron chi connectivity index (χ3n) is 5.23. The summed E-state index contributed by atoms with van der Waals surface area (Å²) in [6.45, 7) is 3.38. The standard InChI is InChI=1S/C25H25F3N4O/c1-16(2)13-22(24(33)30-12-11-29)32-23(25(26,27)28)18-9-7-17(8-10-18)20-14-19-5-3-4-6-21(19)31-15-20/h3-10,14-16,22-23,32H,12-13H2,1-2H3,(H,30,33)/t22-,23-/m0/s1. The van der Waals surface area contributed by atoms with Gasteiger partial charge in [0.25, 0.3) is 0 Å². The number of halogens is 3. The van der Waals surface area contributed by atoms with E-state index >= 15 is 0 Å². The largest absolute Gasteiger partial charge is 0.407 e. The minimum absolute atomic E-state index is 0.00170. The fraction of sp³-hybridized carbons (Fsp3) is 0.320. The second kappa shape index (κ2) is 10.5. The van der Waals surface area contributed by atoms with Gasteiger partial charge in [0.1, 0.15) is 12.6 Å². The Labute approximate surface area is 190 Å². The second-order valence-electron chi connectivity index (χ2n) is 8.24. The van der Waals surface area contributed by atoms with Crippen molar-refractivity contribution >= 4 is 16.8 Å². The average molecular weight is 454 g/mol. The van der Waals surface area contributed by atoms with Gasteiger partial charge in [0.15, 0.2) is 0 Å². The Hall–Kier alpha value is -3.44. The number of alkyl halides is 3. The smallest absolute Gasteiger partial charge is 0.342 e. The van der Waals surface area contributed by atoms with E-state index in [4.69, 9.17) is 5.26 Å². The number of pyridine rings is 1. The normalized spacial score (nSPS) is 13.5. The van der Waals surface area contributed by atoms with Crippen molar-refractivity contribution in [3.05, 3.63) is 66.4 Å². The van der Waals surface area contributed by atoms with Crippen LogP contribution in [-0.2, 0) is 4.79 Å². The van der Waals surface area contributed by atoms with E-state index in [0.717, 1.165) is 22.0 Å². The van der Waals surface area contributed by atoms with Crippen molar-refractivity contribution in [3.8, 4) is 17.2 Å². The molecule has 8 heteroatoms. The molecule has 1 heterocycles. The van der Waals surface area contributed by atoms with Crippen LogP contribution in [0.2, 0.25) is 0 Å². The summed E-state index contributed by atoms with van der Waals surface area (Å²) in [4.78, 5) is 16.8. The van der Waals surface area contributed by atoms with Crippen LogP contribution in [0.25, 0.3) is 22.0 Å². The Morgan fingerprint density at radius 2 is 1.79 bits per heavy atom. The number of nitrogens with one attached hydrogen (secondary N) is 2. The molecule has 2 aromatic carbocycles. The average Bonchev–Trinajstić information content (AvgIpc) is 2.79. The molecule has 33 heavy (non-hydrogen) atoms. The van der Waals surface area contributed by atoms with Gasteiger partial charge in [-0.2, -0.15) is 18.4 Å². The van der Waals surface area contributed by atoms with Crippen LogP contribution in [0.15, 0.2) is 60.8 Å². The summed E-state index contributed by atoms with van der Waals surface area (Å²) in [5, 5.41) is 14.4. The predicted molar refractivity (Wildman–Crippen MR) is 121 cm³/mol. The van der Waals surface area contributed by atoms with Crippen molar-refractivity contribution in [2.24, 2.45) is 5.92 Å². The topological polar surface area (TPSA) is 77.8 Å². The third kappa shape index (κ3) is 6.30. The van der Waals surface area contributed by atoms with Gasteiger partial charge in [-0.1, -0.05) is 56.3 Å². The summed E-state index contributed by atoms with van der Waals surface area (Å²) >= 11 is 0. The molecule has 0 spiro atoms. The molecule has 0 bridgehead atoms. The number of nitriles is 1. The van der Waals surface area contributed by atoms with Gasteiger partial charge in [-0.3, -0.25) is 15.1 Å². The molecule has 0 fully saturated rings. The Morgan fingerprint density at radius 3 is 2.42 bits per heavy atom. The lowest BCUT2D eigenvalue weighted by Crippen LogP contribution is -2.49. The highest BCUT2D eigenvalue weighted by molar-refractivity contribution is 5.83. The molecule has 0 aliphatic carbocycles. The maximum absolute atomic E-state index is 14.0.